The molecule has 2 aliphatic rings. The van der Waals surface area contributed by atoms with Crippen LogP contribution in [0, 0.1) is 11.8 Å². The minimum absolute atomic E-state index is 0.136. The number of benzene rings is 1. The Kier molecular flexibility index (Phi) is 4.27. The van der Waals surface area contributed by atoms with E-state index < -0.39 is 23.6 Å². The predicted octanol–water partition coefficient (Wildman–Crippen LogP) is 3.13. The average Bonchev–Trinajstić information content (AvgIpc) is 3.34. The third kappa shape index (κ3) is 3.39. The molecule has 1 saturated carbocycles. The van der Waals surface area contributed by atoms with Crippen molar-refractivity contribution in [2.75, 3.05) is 13.1 Å². The van der Waals surface area contributed by atoms with Crippen LogP contribution in [0.25, 0.3) is 0 Å². The van der Waals surface area contributed by atoms with Gasteiger partial charge in [-0.1, -0.05) is 18.2 Å². The van der Waals surface area contributed by atoms with E-state index in [1.807, 2.05) is 0 Å². The van der Waals surface area contributed by atoms with Crippen LogP contribution in [0.1, 0.15) is 36.3 Å². The maximum absolute atomic E-state index is 12.8. The number of aliphatic carboxylic acids is 1. The van der Waals surface area contributed by atoms with Crippen LogP contribution in [0.4, 0.5) is 13.2 Å². The van der Waals surface area contributed by atoms with Gasteiger partial charge in [0.1, 0.15) is 0 Å². The maximum atomic E-state index is 12.8. The molecule has 1 saturated heterocycles. The summed E-state index contributed by atoms with van der Waals surface area (Å²) in [6.45, 7) is 0.717. The zero-order valence-electron chi connectivity index (χ0n) is 12.9. The molecule has 4 nitrogen and oxygen atoms in total. The number of likely N-dealkylation sites (tertiary alicyclic amines) is 1. The zero-order valence-corrected chi connectivity index (χ0v) is 12.9. The van der Waals surface area contributed by atoms with Gasteiger partial charge in [-0.05, 0) is 36.8 Å². The number of hydrogen-bond acceptors (Lipinski definition) is 2. The van der Waals surface area contributed by atoms with E-state index in [9.17, 15) is 22.8 Å². The molecule has 3 rings (SSSR count). The number of alkyl halides is 3. The molecule has 1 N–H and O–H groups in total. The van der Waals surface area contributed by atoms with Crippen molar-refractivity contribution in [2.45, 2.75) is 31.4 Å². The van der Waals surface area contributed by atoms with Crippen molar-refractivity contribution >= 4 is 11.9 Å². The van der Waals surface area contributed by atoms with Gasteiger partial charge in [0.2, 0.25) is 5.91 Å². The van der Waals surface area contributed by atoms with Crippen molar-refractivity contribution in [3.05, 3.63) is 35.4 Å². The molecule has 7 heteroatoms. The molecule has 130 valence electrons. The number of piperidine rings is 1. The summed E-state index contributed by atoms with van der Waals surface area (Å²) >= 11 is 0. The Morgan fingerprint density at radius 3 is 2.67 bits per heavy atom. The van der Waals surface area contributed by atoms with Gasteiger partial charge in [-0.3, -0.25) is 9.59 Å². The van der Waals surface area contributed by atoms with Crippen LogP contribution in [0.2, 0.25) is 0 Å². The van der Waals surface area contributed by atoms with Gasteiger partial charge in [0, 0.05) is 19.0 Å². The monoisotopic (exact) mass is 341 g/mol. The van der Waals surface area contributed by atoms with E-state index in [1.165, 1.54) is 6.07 Å². The maximum Gasteiger partial charge on any atom is 0.416 e. The summed E-state index contributed by atoms with van der Waals surface area (Å²) in [7, 11) is 0. The van der Waals surface area contributed by atoms with E-state index in [0.717, 1.165) is 12.1 Å². The van der Waals surface area contributed by atoms with Crippen molar-refractivity contribution in [1.29, 1.82) is 0 Å². The molecule has 1 aromatic carbocycles. The molecule has 3 atom stereocenters. The Morgan fingerprint density at radius 2 is 2.00 bits per heavy atom. The van der Waals surface area contributed by atoms with Gasteiger partial charge in [0.15, 0.2) is 0 Å². The summed E-state index contributed by atoms with van der Waals surface area (Å²) in [5, 5.41) is 9.08. The summed E-state index contributed by atoms with van der Waals surface area (Å²) in [6.07, 6.45) is -2.68. The molecule has 0 bridgehead atoms. The number of carbonyl (C=O) groups excluding carboxylic acids is 1. The highest BCUT2D eigenvalue weighted by molar-refractivity contribution is 5.84. The number of hydrogen-bond donors (Lipinski definition) is 1. The minimum Gasteiger partial charge on any atom is -0.481 e. The van der Waals surface area contributed by atoms with E-state index in [-0.39, 0.29) is 24.3 Å². The topological polar surface area (TPSA) is 57.6 Å². The quantitative estimate of drug-likeness (QED) is 0.919. The molecule has 0 spiro atoms. The highest BCUT2D eigenvalue weighted by atomic mass is 19.4. The molecule has 0 radical (unpaired) electrons. The van der Waals surface area contributed by atoms with Gasteiger partial charge < -0.3 is 10.0 Å². The molecule has 24 heavy (non-hydrogen) atoms. The summed E-state index contributed by atoms with van der Waals surface area (Å²) in [6, 6.07) is 5.10. The Bertz CT molecular complexity index is 659. The van der Waals surface area contributed by atoms with Crippen molar-refractivity contribution in [1.82, 2.24) is 4.90 Å². The van der Waals surface area contributed by atoms with Crippen molar-refractivity contribution in [3.8, 4) is 0 Å². The fourth-order valence-electron chi connectivity index (χ4n) is 3.40. The van der Waals surface area contributed by atoms with Crippen molar-refractivity contribution in [2.24, 2.45) is 11.8 Å². The first-order chi connectivity index (χ1) is 11.3. The van der Waals surface area contributed by atoms with Gasteiger partial charge in [-0.25, -0.2) is 0 Å². The van der Waals surface area contributed by atoms with E-state index in [1.54, 1.807) is 11.0 Å². The van der Waals surface area contributed by atoms with Crippen LogP contribution in [-0.2, 0) is 15.8 Å². The SMILES string of the molecule is O=C(O)[C@H]1CCCN(C(=O)C2CC2c2cccc(C(F)(F)F)c2)C1. The lowest BCUT2D eigenvalue weighted by Gasteiger charge is -2.31. The summed E-state index contributed by atoms with van der Waals surface area (Å²) in [5.41, 5.74) is -0.183. The second-order valence-corrected chi connectivity index (χ2v) is 6.53. The lowest BCUT2D eigenvalue weighted by molar-refractivity contribution is -0.146. The average molecular weight is 341 g/mol. The zero-order chi connectivity index (χ0) is 17.5. The molecular formula is C17H18F3NO3. The van der Waals surface area contributed by atoms with Gasteiger partial charge in [-0.15, -0.1) is 0 Å². The Labute approximate surface area is 137 Å². The normalized spacial score (nSPS) is 27.0. The highest BCUT2D eigenvalue weighted by Gasteiger charge is 2.47. The fraction of sp³-hybridized carbons (Fsp3) is 0.529. The van der Waals surface area contributed by atoms with Crippen LogP contribution >= 0.6 is 0 Å². The Hall–Kier alpha value is -2.05. The third-order valence-corrected chi connectivity index (χ3v) is 4.83. The highest BCUT2D eigenvalue weighted by Crippen LogP contribution is 2.49. The minimum atomic E-state index is -4.40. The summed E-state index contributed by atoms with van der Waals surface area (Å²) < 4.78 is 38.4. The largest absolute Gasteiger partial charge is 0.481 e. The van der Waals surface area contributed by atoms with Crippen molar-refractivity contribution in [3.63, 3.8) is 0 Å². The summed E-state index contributed by atoms with van der Waals surface area (Å²) in [5.74, 6) is -2.12. The van der Waals surface area contributed by atoms with Crippen LogP contribution in [0.15, 0.2) is 24.3 Å². The number of amides is 1. The molecule has 1 aromatic rings. The van der Waals surface area contributed by atoms with Crippen LogP contribution in [0.3, 0.4) is 0 Å². The Morgan fingerprint density at radius 1 is 1.25 bits per heavy atom. The predicted molar refractivity (Wildman–Crippen MR) is 79.2 cm³/mol. The lowest BCUT2D eigenvalue weighted by atomic mass is 9.97. The first-order valence-corrected chi connectivity index (χ1v) is 7.96. The molecule has 1 aliphatic carbocycles. The number of carboxylic acids is 1. The van der Waals surface area contributed by atoms with Gasteiger partial charge >= 0.3 is 12.1 Å². The lowest BCUT2D eigenvalue weighted by Crippen LogP contribution is -2.43. The van der Waals surface area contributed by atoms with Crippen molar-refractivity contribution < 1.29 is 27.9 Å². The van der Waals surface area contributed by atoms with E-state index in [0.29, 0.717) is 31.4 Å². The van der Waals surface area contributed by atoms with Gasteiger partial charge in [0.25, 0.3) is 0 Å². The number of rotatable bonds is 3. The molecule has 0 aromatic heterocycles. The van der Waals surface area contributed by atoms with Crippen LogP contribution in [-0.4, -0.2) is 35.0 Å². The molecule has 1 amide bonds. The molecule has 1 aliphatic heterocycles. The first-order valence-electron chi connectivity index (χ1n) is 7.96. The Balaban J connectivity index is 1.67. The smallest absolute Gasteiger partial charge is 0.416 e. The number of halogens is 3. The van der Waals surface area contributed by atoms with Gasteiger partial charge in [0.05, 0.1) is 11.5 Å². The third-order valence-electron chi connectivity index (χ3n) is 4.83. The first kappa shape index (κ1) is 16.8. The molecule has 2 fully saturated rings. The number of carbonyl (C=O) groups is 2. The fourth-order valence-corrected chi connectivity index (χ4v) is 3.40. The summed E-state index contributed by atoms with van der Waals surface area (Å²) in [4.78, 5) is 25.1. The van der Waals surface area contributed by atoms with E-state index in [2.05, 4.69) is 0 Å². The van der Waals surface area contributed by atoms with E-state index in [4.69, 9.17) is 5.11 Å². The standard InChI is InChI=1S/C17H18F3NO3/c18-17(19,20)12-5-1-3-10(7-12)13-8-14(13)15(22)21-6-2-4-11(9-21)16(23)24/h1,3,5,7,11,13-14H,2,4,6,8-9H2,(H,23,24)/t11-,13?,14?/m0/s1. The molecule has 1 heterocycles. The van der Waals surface area contributed by atoms with E-state index >= 15 is 0 Å². The van der Waals surface area contributed by atoms with Crippen LogP contribution < -0.4 is 0 Å². The van der Waals surface area contributed by atoms with Crippen LogP contribution in [0.5, 0.6) is 0 Å². The number of nitrogens with zero attached hydrogens (tertiary/aromatic N) is 1. The van der Waals surface area contributed by atoms with Gasteiger partial charge in [-0.2, -0.15) is 13.2 Å². The second kappa shape index (κ2) is 6.11. The molecule has 2 unspecified atom stereocenters. The number of carboxylic acid groups (broad SMARTS) is 1. The molecular weight excluding hydrogens is 323 g/mol. The second-order valence-electron chi connectivity index (χ2n) is 6.53.